The lowest BCUT2D eigenvalue weighted by Gasteiger charge is -2.26. The molecule has 1 unspecified atom stereocenters. The summed E-state index contributed by atoms with van der Waals surface area (Å²) in [7, 11) is 0. The molecule has 0 heterocycles. The molecule has 1 aliphatic rings. The second-order valence-corrected chi connectivity index (χ2v) is 11.5. The first-order valence-electron chi connectivity index (χ1n) is 15.0. The number of rotatable bonds is 20. The van der Waals surface area contributed by atoms with Crippen LogP contribution in [0.2, 0.25) is 0 Å². The van der Waals surface area contributed by atoms with Crippen LogP contribution < -0.4 is 0 Å². The van der Waals surface area contributed by atoms with Gasteiger partial charge in [-0.1, -0.05) is 55.3 Å². The number of aliphatic hydroxyl groups is 1. The molecule has 2 rings (SSSR count). The number of allylic oxidation sites excluding steroid dienone is 2. The van der Waals surface area contributed by atoms with Crippen molar-refractivity contribution in [2.75, 3.05) is 6.61 Å². The minimum absolute atomic E-state index is 0.0419. The van der Waals surface area contributed by atoms with Gasteiger partial charge in [0.25, 0.3) is 5.09 Å². The normalized spacial score (nSPS) is 21.6. The monoisotopic (exact) mass is 559 g/mol. The maximum Gasteiger partial charge on any atom is 0.306 e. The van der Waals surface area contributed by atoms with E-state index in [2.05, 4.69) is 36.9 Å². The number of ether oxygens (including phenoxy) is 1. The molecule has 0 radical (unpaired) electrons. The highest BCUT2D eigenvalue weighted by atomic mass is 16.9. The number of benzene rings is 1. The van der Waals surface area contributed by atoms with Crippen molar-refractivity contribution in [2.45, 2.75) is 116 Å². The van der Waals surface area contributed by atoms with Crippen molar-refractivity contribution >= 4 is 11.8 Å². The molecule has 0 aliphatic heterocycles. The Kier molecular flexibility index (Phi) is 15.5. The van der Waals surface area contributed by atoms with Crippen LogP contribution >= 0.6 is 0 Å². The number of carbonyl (C=O) groups excluding carboxylic acids is 2. The summed E-state index contributed by atoms with van der Waals surface area (Å²) in [4.78, 5) is 38.5. The Bertz CT molecular complexity index is 932. The van der Waals surface area contributed by atoms with Crippen molar-refractivity contribution in [3.63, 3.8) is 0 Å². The summed E-state index contributed by atoms with van der Waals surface area (Å²) in [5, 5.41) is 20.2. The van der Waals surface area contributed by atoms with Gasteiger partial charge in [-0.2, -0.15) is 0 Å². The van der Waals surface area contributed by atoms with E-state index in [0.29, 0.717) is 50.4 Å². The Morgan fingerprint density at radius 3 is 2.50 bits per heavy atom. The Morgan fingerprint density at radius 2 is 1.80 bits per heavy atom. The molecule has 1 aromatic carbocycles. The lowest BCUT2D eigenvalue weighted by atomic mass is 9.82. The summed E-state index contributed by atoms with van der Waals surface area (Å²) in [5.41, 5.74) is 2.51. The van der Waals surface area contributed by atoms with Crippen LogP contribution in [0.15, 0.2) is 42.0 Å². The smallest absolute Gasteiger partial charge is 0.306 e. The SMILES string of the molecule is CC(=O)CCC/C(C)=C\C[C@H]1C(C)C[C@@H](OC(=O)CCCCCO[N+](=O)[O-])[C@@H]1CC[C@@H](O)CCc1ccccc1. The van der Waals surface area contributed by atoms with Crippen LogP contribution in [-0.4, -0.2) is 40.8 Å². The Balaban J connectivity index is 1.93. The quantitative estimate of drug-likeness (QED) is 0.0613. The van der Waals surface area contributed by atoms with E-state index in [-0.39, 0.29) is 36.8 Å². The first-order chi connectivity index (χ1) is 19.2. The van der Waals surface area contributed by atoms with Crippen LogP contribution in [0.3, 0.4) is 0 Å². The molecule has 1 aromatic rings. The summed E-state index contributed by atoms with van der Waals surface area (Å²) in [6, 6.07) is 10.2. The number of esters is 1. The number of ketones is 1. The third-order valence-corrected chi connectivity index (χ3v) is 8.15. The highest BCUT2D eigenvalue weighted by Crippen LogP contribution is 2.44. The van der Waals surface area contributed by atoms with Crippen molar-refractivity contribution in [1.29, 1.82) is 0 Å². The van der Waals surface area contributed by atoms with E-state index in [9.17, 15) is 24.8 Å². The number of unbranched alkanes of at least 4 members (excludes halogenated alkanes) is 2. The van der Waals surface area contributed by atoms with E-state index in [4.69, 9.17) is 4.74 Å². The predicted molar refractivity (Wildman–Crippen MR) is 155 cm³/mol. The van der Waals surface area contributed by atoms with Gasteiger partial charge in [-0.3, -0.25) is 4.79 Å². The molecule has 0 aromatic heterocycles. The molecule has 0 saturated heterocycles. The van der Waals surface area contributed by atoms with E-state index in [1.165, 1.54) is 11.1 Å². The molecule has 1 N–H and O–H groups in total. The zero-order chi connectivity index (χ0) is 29.3. The van der Waals surface area contributed by atoms with Crippen molar-refractivity contribution in [1.82, 2.24) is 0 Å². The van der Waals surface area contributed by atoms with Crippen LogP contribution in [0.5, 0.6) is 0 Å². The average Bonchev–Trinajstić information content (AvgIpc) is 3.20. The largest absolute Gasteiger partial charge is 0.462 e. The zero-order valence-electron chi connectivity index (χ0n) is 24.6. The Hall–Kier alpha value is -2.74. The fraction of sp³-hybridized carbons (Fsp3) is 0.688. The van der Waals surface area contributed by atoms with E-state index in [1.807, 2.05) is 18.2 Å². The minimum Gasteiger partial charge on any atom is -0.462 e. The number of aryl methyl sites for hydroxylation is 1. The molecular weight excluding hydrogens is 510 g/mol. The number of nitrogens with zero attached hydrogens (tertiary/aromatic N) is 1. The standard InChI is InChI=1S/C32H49NO7/c1-24(11-10-12-26(3)34)16-20-29-25(2)23-31(40-32(36)15-8-5-9-22-39-33(37)38)30(29)21-19-28(35)18-17-27-13-6-4-7-14-27/h4,6-7,13-14,16,25,28-31,35H,5,8-12,15,17-23H2,1-3H3/b24-16-/t25?,28-,29-,30+,31+/m0/s1. The van der Waals surface area contributed by atoms with Gasteiger partial charge in [0, 0.05) is 12.8 Å². The van der Waals surface area contributed by atoms with Crippen molar-refractivity contribution < 1.29 is 29.4 Å². The van der Waals surface area contributed by atoms with Crippen molar-refractivity contribution in [2.24, 2.45) is 17.8 Å². The summed E-state index contributed by atoms with van der Waals surface area (Å²) < 4.78 is 6.01. The van der Waals surface area contributed by atoms with Gasteiger partial charge < -0.3 is 19.5 Å². The number of aliphatic hydroxyl groups excluding tert-OH is 1. The zero-order valence-corrected chi connectivity index (χ0v) is 24.6. The molecule has 1 fully saturated rings. The van der Waals surface area contributed by atoms with E-state index in [1.54, 1.807) is 6.92 Å². The maximum absolute atomic E-state index is 12.7. The van der Waals surface area contributed by atoms with Crippen molar-refractivity contribution in [3.05, 3.63) is 57.7 Å². The van der Waals surface area contributed by atoms with Gasteiger partial charge in [0.1, 0.15) is 11.9 Å². The molecule has 8 heteroatoms. The second kappa shape index (κ2) is 18.6. The van der Waals surface area contributed by atoms with Gasteiger partial charge in [0.2, 0.25) is 0 Å². The first kappa shape index (κ1) is 33.5. The molecule has 5 atom stereocenters. The van der Waals surface area contributed by atoms with Crippen LogP contribution in [-0.2, 0) is 25.6 Å². The number of hydrogen-bond donors (Lipinski definition) is 1. The van der Waals surface area contributed by atoms with Gasteiger partial charge in [-0.05, 0) is 101 Å². The van der Waals surface area contributed by atoms with Gasteiger partial charge in [-0.15, -0.1) is 10.1 Å². The highest BCUT2D eigenvalue weighted by Gasteiger charge is 2.42. The Labute approximate surface area is 239 Å². The molecular formula is C32H49NO7. The number of Topliss-reactive ketones (excluding diaryl/α,β-unsaturated/α-hetero) is 1. The summed E-state index contributed by atoms with van der Waals surface area (Å²) in [6.07, 6.45) is 10.9. The number of hydrogen-bond acceptors (Lipinski definition) is 7. The third-order valence-electron chi connectivity index (χ3n) is 8.15. The molecule has 1 aliphatic carbocycles. The summed E-state index contributed by atoms with van der Waals surface area (Å²) in [5.74, 6) is 0.933. The van der Waals surface area contributed by atoms with Gasteiger partial charge in [-0.25, -0.2) is 0 Å². The van der Waals surface area contributed by atoms with Crippen molar-refractivity contribution in [3.8, 4) is 0 Å². The first-order valence-corrected chi connectivity index (χ1v) is 15.0. The van der Waals surface area contributed by atoms with Gasteiger partial charge in [0.05, 0.1) is 12.7 Å². The fourth-order valence-electron chi connectivity index (χ4n) is 5.83. The van der Waals surface area contributed by atoms with Crippen LogP contribution in [0.1, 0.15) is 103 Å². The van der Waals surface area contributed by atoms with E-state index >= 15 is 0 Å². The average molecular weight is 560 g/mol. The predicted octanol–water partition coefficient (Wildman–Crippen LogP) is 6.81. The van der Waals surface area contributed by atoms with E-state index < -0.39 is 11.2 Å². The highest BCUT2D eigenvalue weighted by molar-refractivity contribution is 5.75. The molecule has 40 heavy (non-hydrogen) atoms. The lowest BCUT2D eigenvalue weighted by molar-refractivity contribution is -0.757. The minimum atomic E-state index is -0.798. The van der Waals surface area contributed by atoms with Gasteiger partial charge >= 0.3 is 5.97 Å². The summed E-state index contributed by atoms with van der Waals surface area (Å²) >= 11 is 0. The maximum atomic E-state index is 12.7. The Morgan fingerprint density at radius 1 is 1.05 bits per heavy atom. The van der Waals surface area contributed by atoms with Gasteiger partial charge in [0.15, 0.2) is 0 Å². The summed E-state index contributed by atoms with van der Waals surface area (Å²) in [6.45, 7) is 6.02. The van der Waals surface area contributed by atoms with Crippen LogP contribution in [0, 0.1) is 27.9 Å². The van der Waals surface area contributed by atoms with E-state index in [0.717, 1.165) is 38.5 Å². The van der Waals surface area contributed by atoms with Crippen LogP contribution in [0.4, 0.5) is 0 Å². The molecule has 224 valence electrons. The molecule has 8 nitrogen and oxygen atoms in total. The van der Waals surface area contributed by atoms with Crippen LogP contribution in [0.25, 0.3) is 0 Å². The number of carbonyl (C=O) groups is 2. The molecule has 0 amide bonds. The lowest BCUT2D eigenvalue weighted by Crippen LogP contribution is -2.27. The second-order valence-electron chi connectivity index (χ2n) is 11.5. The fourth-order valence-corrected chi connectivity index (χ4v) is 5.83. The topological polar surface area (TPSA) is 116 Å². The molecule has 0 bridgehead atoms. The molecule has 1 saturated carbocycles. The molecule has 0 spiro atoms. The third kappa shape index (κ3) is 13.6.